The van der Waals surface area contributed by atoms with Crippen LogP contribution in [0.25, 0.3) is 0 Å². The van der Waals surface area contributed by atoms with Gasteiger partial charge in [0.05, 0.1) is 19.2 Å². The Labute approximate surface area is 126 Å². The zero-order chi connectivity index (χ0) is 15.1. The van der Waals surface area contributed by atoms with Crippen molar-refractivity contribution < 1.29 is 9.90 Å². The van der Waals surface area contributed by atoms with E-state index in [1.165, 1.54) is 0 Å². The Bertz CT molecular complexity index is 487. The Kier molecular flexibility index (Phi) is 5.79. The lowest BCUT2D eigenvalue weighted by molar-refractivity contribution is -0.122. The molecule has 0 unspecified atom stereocenters. The van der Waals surface area contributed by atoms with Crippen LogP contribution >= 0.6 is 0 Å². The van der Waals surface area contributed by atoms with Crippen molar-refractivity contribution in [3.05, 3.63) is 35.9 Å². The van der Waals surface area contributed by atoms with Crippen LogP contribution in [-0.2, 0) is 4.79 Å². The van der Waals surface area contributed by atoms with Gasteiger partial charge in [-0.15, -0.1) is 6.42 Å². The van der Waals surface area contributed by atoms with Crippen molar-refractivity contribution in [2.24, 2.45) is 5.92 Å². The largest absolute Gasteiger partial charge is 0.388 e. The number of benzene rings is 1. The summed E-state index contributed by atoms with van der Waals surface area (Å²) >= 11 is 0. The third kappa shape index (κ3) is 4.59. The molecule has 2 rings (SSSR count). The zero-order valence-corrected chi connectivity index (χ0v) is 12.2. The van der Waals surface area contributed by atoms with Crippen LogP contribution in [0.5, 0.6) is 0 Å². The van der Waals surface area contributed by atoms with Gasteiger partial charge in [-0.05, 0) is 37.4 Å². The molecular formula is C17H22N2O2. The van der Waals surface area contributed by atoms with Gasteiger partial charge in [0, 0.05) is 0 Å². The van der Waals surface area contributed by atoms with Gasteiger partial charge < -0.3 is 10.4 Å². The Morgan fingerprint density at radius 3 is 2.67 bits per heavy atom. The number of amides is 1. The number of rotatable bonds is 5. The molecule has 112 valence electrons. The molecule has 1 aliphatic rings. The molecule has 1 atom stereocenters. The Hall–Kier alpha value is -1.83. The van der Waals surface area contributed by atoms with Crippen molar-refractivity contribution in [1.29, 1.82) is 0 Å². The summed E-state index contributed by atoms with van der Waals surface area (Å²) in [5.41, 5.74) is 0.975. The highest BCUT2D eigenvalue weighted by atomic mass is 16.3. The molecule has 1 saturated heterocycles. The summed E-state index contributed by atoms with van der Waals surface area (Å²) < 4.78 is 0. The zero-order valence-electron chi connectivity index (χ0n) is 12.2. The number of hydrogen-bond donors (Lipinski definition) is 2. The van der Waals surface area contributed by atoms with Crippen molar-refractivity contribution in [2.75, 3.05) is 26.2 Å². The third-order valence-corrected chi connectivity index (χ3v) is 3.97. The van der Waals surface area contributed by atoms with E-state index in [9.17, 15) is 9.90 Å². The number of nitrogens with zero attached hydrogens (tertiary/aromatic N) is 1. The number of carbonyl (C=O) groups excluding carboxylic acids is 1. The smallest absolute Gasteiger partial charge is 0.234 e. The molecule has 0 radical (unpaired) electrons. The number of aliphatic hydroxyl groups is 1. The molecule has 1 amide bonds. The Balaban J connectivity index is 1.78. The number of hydrogen-bond acceptors (Lipinski definition) is 3. The average Bonchev–Trinajstić information content (AvgIpc) is 2.54. The number of carbonyl (C=O) groups is 1. The van der Waals surface area contributed by atoms with Crippen LogP contribution in [0, 0.1) is 18.3 Å². The minimum Gasteiger partial charge on any atom is -0.388 e. The topological polar surface area (TPSA) is 52.6 Å². The molecule has 1 fully saturated rings. The first kappa shape index (κ1) is 15.6. The fourth-order valence-corrected chi connectivity index (χ4v) is 2.76. The van der Waals surface area contributed by atoms with Crippen LogP contribution in [0.15, 0.2) is 30.3 Å². The van der Waals surface area contributed by atoms with Crippen LogP contribution in [0.2, 0.25) is 0 Å². The van der Waals surface area contributed by atoms with Crippen molar-refractivity contribution in [3.63, 3.8) is 0 Å². The van der Waals surface area contributed by atoms with E-state index in [1.807, 2.05) is 30.3 Å². The second kappa shape index (κ2) is 7.82. The van der Waals surface area contributed by atoms with E-state index in [-0.39, 0.29) is 18.4 Å². The SMILES string of the molecule is C#CCNC(=O)CN1CCC([C@@H](O)c2ccccc2)CC1. The standard InChI is InChI=1S/C17H22N2O2/c1-2-10-18-16(20)13-19-11-8-15(9-12-19)17(21)14-6-4-3-5-7-14/h1,3-7,15,17,21H,8-13H2,(H,18,20)/t17-/m0/s1. The Morgan fingerprint density at radius 2 is 2.05 bits per heavy atom. The van der Waals surface area contributed by atoms with Crippen LogP contribution < -0.4 is 5.32 Å². The molecule has 2 N–H and O–H groups in total. The van der Waals surface area contributed by atoms with Gasteiger partial charge >= 0.3 is 0 Å². The second-order valence-corrected chi connectivity index (χ2v) is 5.45. The van der Waals surface area contributed by atoms with Crippen LogP contribution in [0.3, 0.4) is 0 Å². The minimum absolute atomic E-state index is 0.0324. The van der Waals surface area contributed by atoms with Gasteiger partial charge in [0.25, 0.3) is 0 Å². The summed E-state index contributed by atoms with van der Waals surface area (Å²) in [5, 5.41) is 13.1. The summed E-state index contributed by atoms with van der Waals surface area (Å²) in [4.78, 5) is 13.7. The van der Waals surface area contributed by atoms with E-state index < -0.39 is 6.10 Å². The monoisotopic (exact) mass is 286 g/mol. The first-order valence-corrected chi connectivity index (χ1v) is 7.36. The second-order valence-electron chi connectivity index (χ2n) is 5.45. The van der Waals surface area contributed by atoms with Gasteiger partial charge in [0.15, 0.2) is 0 Å². The highest BCUT2D eigenvalue weighted by Gasteiger charge is 2.26. The molecule has 4 heteroatoms. The van der Waals surface area contributed by atoms with Gasteiger partial charge in [-0.2, -0.15) is 0 Å². The van der Waals surface area contributed by atoms with E-state index in [1.54, 1.807) is 0 Å². The first-order chi connectivity index (χ1) is 10.2. The highest BCUT2D eigenvalue weighted by molar-refractivity contribution is 5.78. The summed E-state index contributed by atoms with van der Waals surface area (Å²) in [6.45, 7) is 2.33. The number of piperidine rings is 1. The lowest BCUT2D eigenvalue weighted by Crippen LogP contribution is -2.42. The first-order valence-electron chi connectivity index (χ1n) is 7.36. The molecule has 0 aromatic heterocycles. The molecule has 1 aromatic rings. The van der Waals surface area contributed by atoms with Crippen LogP contribution in [0.4, 0.5) is 0 Å². The molecule has 21 heavy (non-hydrogen) atoms. The minimum atomic E-state index is -0.413. The maximum atomic E-state index is 11.6. The molecule has 1 aliphatic heterocycles. The van der Waals surface area contributed by atoms with Gasteiger partial charge in [-0.1, -0.05) is 36.3 Å². The highest BCUT2D eigenvalue weighted by Crippen LogP contribution is 2.30. The normalized spacial score (nSPS) is 17.9. The van der Waals surface area contributed by atoms with Gasteiger partial charge in [0.2, 0.25) is 5.91 Å². The van der Waals surface area contributed by atoms with E-state index >= 15 is 0 Å². The summed E-state index contributed by atoms with van der Waals surface area (Å²) in [5.74, 6) is 2.62. The summed E-state index contributed by atoms with van der Waals surface area (Å²) in [6.07, 6.45) is 6.50. The fraction of sp³-hybridized carbons (Fsp3) is 0.471. The van der Waals surface area contributed by atoms with E-state index in [0.29, 0.717) is 6.54 Å². The fourth-order valence-electron chi connectivity index (χ4n) is 2.76. The van der Waals surface area contributed by atoms with Crippen molar-refractivity contribution in [2.45, 2.75) is 18.9 Å². The van der Waals surface area contributed by atoms with Gasteiger partial charge in [-0.3, -0.25) is 9.69 Å². The molecule has 0 bridgehead atoms. The molecule has 0 saturated carbocycles. The van der Waals surface area contributed by atoms with Crippen LogP contribution in [0.1, 0.15) is 24.5 Å². The molecule has 4 nitrogen and oxygen atoms in total. The van der Waals surface area contributed by atoms with Crippen molar-refractivity contribution in [3.8, 4) is 12.3 Å². The quantitative estimate of drug-likeness (QED) is 0.799. The Morgan fingerprint density at radius 1 is 1.38 bits per heavy atom. The van der Waals surface area contributed by atoms with Gasteiger partial charge in [-0.25, -0.2) is 0 Å². The summed E-state index contributed by atoms with van der Waals surface area (Å²) in [6, 6.07) is 9.77. The molecular weight excluding hydrogens is 264 g/mol. The number of nitrogens with one attached hydrogen (secondary N) is 1. The lowest BCUT2D eigenvalue weighted by atomic mass is 9.87. The van der Waals surface area contributed by atoms with E-state index in [2.05, 4.69) is 16.1 Å². The number of terminal acetylenes is 1. The lowest BCUT2D eigenvalue weighted by Gasteiger charge is -2.33. The average molecular weight is 286 g/mol. The predicted octanol–water partition coefficient (Wildman–Crippen LogP) is 1.18. The third-order valence-electron chi connectivity index (χ3n) is 3.97. The summed E-state index contributed by atoms with van der Waals surface area (Å²) in [7, 11) is 0. The van der Waals surface area contributed by atoms with Crippen LogP contribution in [-0.4, -0.2) is 42.1 Å². The van der Waals surface area contributed by atoms with E-state index in [4.69, 9.17) is 6.42 Å². The van der Waals surface area contributed by atoms with Crippen molar-refractivity contribution in [1.82, 2.24) is 10.2 Å². The predicted molar refractivity (Wildman–Crippen MR) is 82.4 cm³/mol. The molecule has 0 spiro atoms. The number of aliphatic hydroxyl groups excluding tert-OH is 1. The molecule has 1 heterocycles. The van der Waals surface area contributed by atoms with Gasteiger partial charge in [0.1, 0.15) is 0 Å². The van der Waals surface area contributed by atoms with Crippen molar-refractivity contribution >= 4 is 5.91 Å². The maximum Gasteiger partial charge on any atom is 0.234 e. The van der Waals surface area contributed by atoms with E-state index in [0.717, 1.165) is 31.5 Å². The maximum absolute atomic E-state index is 11.6. The number of likely N-dealkylation sites (tertiary alicyclic amines) is 1. The molecule has 0 aliphatic carbocycles. The molecule has 1 aromatic carbocycles.